The summed E-state index contributed by atoms with van der Waals surface area (Å²) < 4.78 is 0. The predicted molar refractivity (Wildman–Crippen MR) is 88.7 cm³/mol. The van der Waals surface area contributed by atoms with Gasteiger partial charge >= 0.3 is 0 Å². The lowest BCUT2D eigenvalue weighted by Crippen LogP contribution is -2.02. The minimum Gasteiger partial charge on any atom is -0.373 e. The Morgan fingerprint density at radius 3 is 2.59 bits per heavy atom. The number of hydrogen-bond acceptors (Lipinski definition) is 5. The average molecular weight is 293 g/mol. The topological polar surface area (TPSA) is 63.6 Å². The van der Waals surface area contributed by atoms with Crippen LogP contribution in [0.2, 0.25) is 0 Å². The van der Waals surface area contributed by atoms with Gasteiger partial charge in [-0.15, -0.1) is 0 Å². The first-order valence-electron chi connectivity index (χ1n) is 7.56. The number of nitrogens with one attached hydrogen (secondary N) is 1. The normalized spacial score (nSPS) is 10.8. The smallest absolute Gasteiger partial charge is 0.162 e. The van der Waals surface area contributed by atoms with E-state index < -0.39 is 0 Å². The first-order chi connectivity index (χ1) is 10.8. The van der Waals surface area contributed by atoms with Gasteiger partial charge in [0.2, 0.25) is 0 Å². The quantitative estimate of drug-likeness (QED) is 0.780. The van der Waals surface area contributed by atoms with Crippen LogP contribution in [0.3, 0.4) is 0 Å². The molecule has 0 atom stereocenters. The number of nitrogens with zero attached hydrogens (tertiary/aromatic N) is 4. The van der Waals surface area contributed by atoms with E-state index in [2.05, 4.69) is 32.2 Å². The van der Waals surface area contributed by atoms with Crippen molar-refractivity contribution in [2.75, 3.05) is 12.4 Å². The van der Waals surface area contributed by atoms with Gasteiger partial charge in [0, 0.05) is 36.6 Å². The number of unbranched alkanes of at least 4 members (excludes halogenated alkanes) is 1. The van der Waals surface area contributed by atoms with Gasteiger partial charge in [0.25, 0.3) is 0 Å². The highest BCUT2D eigenvalue weighted by molar-refractivity contribution is 5.92. The Kier molecular flexibility index (Phi) is 4.23. The second-order valence-electron chi connectivity index (χ2n) is 5.18. The number of hydrogen-bond donors (Lipinski definition) is 1. The molecule has 22 heavy (non-hydrogen) atoms. The molecule has 0 aromatic carbocycles. The van der Waals surface area contributed by atoms with Gasteiger partial charge in [0.1, 0.15) is 5.82 Å². The van der Waals surface area contributed by atoms with Crippen molar-refractivity contribution >= 4 is 16.7 Å². The lowest BCUT2D eigenvalue weighted by Gasteiger charge is -2.11. The van der Waals surface area contributed by atoms with Gasteiger partial charge in [-0.3, -0.25) is 9.97 Å². The van der Waals surface area contributed by atoms with Crippen molar-refractivity contribution in [2.45, 2.75) is 26.2 Å². The molecular formula is C17H19N5. The van der Waals surface area contributed by atoms with Gasteiger partial charge in [-0.25, -0.2) is 9.97 Å². The predicted octanol–water partition coefficient (Wildman–Crippen LogP) is 3.47. The molecule has 3 heterocycles. The molecule has 0 fully saturated rings. The van der Waals surface area contributed by atoms with E-state index in [1.807, 2.05) is 25.4 Å². The number of fused-ring (bicyclic) bond motifs is 1. The minimum absolute atomic E-state index is 0.689. The Hall–Kier alpha value is -2.56. The zero-order valence-corrected chi connectivity index (χ0v) is 12.9. The summed E-state index contributed by atoms with van der Waals surface area (Å²) in [6.07, 6.45) is 10.5. The van der Waals surface area contributed by atoms with Gasteiger partial charge < -0.3 is 5.32 Å². The van der Waals surface area contributed by atoms with Crippen molar-refractivity contribution in [1.82, 2.24) is 19.9 Å². The van der Waals surface area contributed by atoms with Crippen LogP contribution in [0, 0.1) is 0 Å². The molecule has 0 spiro atoms. The second kappa shape index (κ2) is 6.47. The molecule has 0 saturated heterocycles. The van der Waals surface area contributed by atoms with Crippen LogP contribution in [0.5, 0.6) is 0 Å². The van der Waals surface area contributed by atoms with Crippen LogP contribution in [0.1, 0.15) is 25.3 Å². The van der Waals surface area contributed by atoms with E-state index in [9.17, 15) is 0 Å². The van der Waals surface area contributed by atoms with Crippen LogP contribution in [0.25, 0.3) is 22.3 Å². The molecule has 0 amide bonds. The standard InChI is InChI=1S/C17H19N5/c1-3-4-5-13-10-20-11-14-15(13)17(18-2)22-16(21-14)12-6-8-19-9-7-12/h6-11H,3-5H2,1-2H3,(H,18,21,22). The van der Waals surface area contributed by atoms with E-state index in [1.54, 1.807) is 18.6 Å². The first kappa shape index (κ1) is 14.4. The summed E-state index contributed by atoms with van der Waals surface area (Å²) >= 11 is 0. The highest BCUT2D eigenvalue weighted by Crippen LogP contribution is 2.27. The van der Waals surface area contributed by atoms with Crippen LogP contribution in [-0.2, 0) is 6.42 Å². The maximum absolute atomic E-state index is 4.68. The van der Waals surface area contributed by atoms with Crippen molar-refractivity contribution in [3.05, 3.63) is 42.5 Å². The molecule has 0 aliphatic carbocycles. The van der Waals surface area contributed by atoms with Gasteiger partial charge in [0.05, 0.1) is 11.7 Å². The third-order valence-corrected chi connectivity index (χ3v) is 3.66. The Bertz CT molecular complexity index is 771. The molecule has 112 valence electrons. The minimum atomic E-state index is 0.689. The SMILES string of the molecule is CCCCc1cncc2nc(-c3ccncc3)nc(NC)c12. The van der Waals surface area contributed by atoms with Gasteiger partial charge in [-0.1, -0.05) is 13.3 Å². The number of anilines is 1. The molecule has 0 radical (unpaired) electrons. The van der Waals surface area contributed by atoms with Crippen molar-refractivity contribution in [3.63, 3.8) is 0 Å². The molecule has 0 aliphatic heterocycles. The summed E-state index contributed by atoms with van der Waals surface area (Å²) in [5.74, 6) is 1.54. The second-order valence-corrected chi connectivity index (χ2v) is 5.18. The molecule has 0 saturated carbocycles. The van der Waals surface area contributed by atoms with Crippen molar-refractivity contribution < 1.29 is 0 Å². The Labute approximate surface area is 129 Å². The van der Waals surface area contributed by atoms with Crippen LogP contribution >= 0.6 is 0 Å². The van der Waals surface area contributed by atoms with Crippen LogP contribution in [0.4, 0.5) is 5.82 Å². The Morgan fingerprint density at radius 1 is 1.05 bits per heavy atom. The lowest BCUT2D eigenvalue weighted by atomic mass is 10.1. The molecular weight excluding hydrogens is 274 g/mol. The van der Waals surface area contributed by atoms with E-state index >= 15 is 0 Å². The van der Waals surface area contributed by atoms with Gasteiger partial charge in [-0.05, 0) is 30.5 Å². The molecule has 3 aromatic rings. The van der Waals surface area contributed by atoms with Crippen LogP contribution < -0.4 is 5.32 Å². The molecule has 1 N–H and O–H groups in total. The molecule has 3 rings (SSSR count). The first-order valence-corrected chi connectivity index (χ1v) is 7.56. The van der Waals surface area contributed by atoms with E-state index in [1.165, 1.54) is 5.56 Å². The number of rotatable bonds is 5. The largest absolute Gasteiger partial charge is 0.373 e. The fraction of sp³-hybridized carbons (Fsp3) is 0.294. The van der Waals surface area contributed by atoms with Gasteiger partial charge in [0.15, 0.2) is 5.82 Å². The zero-order valence-electron chi connectivity index (χ0n) is 12.9. The van der Waals surface area contributed by atoms with E-state index in [0.29, 0.717) is 5.82 Å². The van der Waals surface area contributed by atoms with Crippen molar-refractivity contribution in [3.8, 4) is 11.4 Å². The highest BCUT2D eigenvalue weighted by Gasteiger charge is 2.12. The van der Waals surface area contributed by atoms with E-state index in [0.717, 1.165) is 41.5 Å². The third-order valence-electron chi connectivity index (χ3n) is 3.66. The molecule has 5 heteroatoms. The molecule has 5 nitrogen and oxygen atoms in total. The maximum Gasteiger partial charge on any atom is 0.162 e. The molecule has 0 bridgehead atoms. The summed E-state index contributed by atoms with van der Waals surface area (Å²) in [5, 5.41) is 4.28. The van der Waals surface area contributed by atoms with Crippen LogP contribution in [-0.4, -0.2) is 27.0 Å². The van der Waals surface area contributed by atoms with Gasteiger partial charge in [-0.2, -0.15) is 0 Å². The summed E-state index contributed by atoms with van der Waals surface area (Å²) in [6, 6.07) is 3.82. The molecule has 0 unspecified atom stereocenters. The zero-order chi connectivity index (χ0) is 15.4. The number of aryl methyl sites for hydroxylation is 1. The summed E-state index contributed by atoms with van der Waals surface area (Å²) in [5.41, 5.74) is 3.03. The van der Waals surface area contributed by atoms with Crippen molar-refractivity contribution in [1.29, 1.82) is 0 Å². The maximum atomic E-state index is 4.68. The van der Waals surface area contributed by atoms with E-state index in [-0.39, 0.29) is 0 Å². The van der Waals surface area contributed by atoms with Crippen molar-refractivity contribution in [2.24, 2.45) is 0 Å². The van der Waals surface area contributed by atoms with E-state index in [4.69, 9.17) is 0 Å². The lowest BCUT2D eigenvalue weighted by molar-refractivity contribution is 0.796. The number of aromatic nitrogens is 4. The summed E-state index contributed by atoms with van der Waals surface area (Å²) in [7, 11) is 1.89. The monoisotopic (exact) mass is 293 g/mol. The fourth-order valence-electron chi connectivity index (χ4n) is 2.52. The Morgan fingerprint density at radius 2 is 1.86 bits per heavy atom. The fourth-order valence-corrected chi connectivity index (χ4v) is 2.52. The Balaban J connectivity index is 2.17. The summed E-state index contributed by atoms with van der Waals surface area (Å²) in [4.78, 5) is 17.7. The number of pyridine rings is 2. The van der Waals surface area contributed by atoms with Crippen LogP contribution in [0.15, 0.2) is 36.9 Å². The summed E-state index contributed by atoms with van der Waals surface area (Å²) in [6.45, 7) is 2.19. The molecule has 3 aromatic heterocycles. The highest BCUT2D eigenvalue weighted by atomic mass is 15.0. The molecule has 0 aliphatic rings. The third kappa shape index (κ3) is 2.74. The average Bonchev–Trinajstić information content (AvgIpc) is 2.59.